The van der Waals surface area contributed by atoms with Crippen molar-refractivity contribution in [2.75, 3.05) is 0 Å². The molecule has 5 heteroatoms. The second-order valence-electron chi connectivity index (χ2n) is 5.27. The number of hydrogen-bond acceptors (Lipinski definition) is 3. The first kappa shape index (κ1) is 15.0. The van der Waals surface area contributed by atoms with Gasteiger partial charge >= 0.3 is 5.97 Å². The monoisotopic (exact) mass is 307 g/mol. The van der Waals surface area contributed by atoms with Crippen LogP contribution < -0.4 is 0 Å². The minimum absolute atomic E-state index is 0.0434. The van der Waals surface area contributed by atoms with Crippen LogP contribution in [0.4, 0.5) is 0 Å². The summed E-state index contributed by atoms with van der Waals surface area (Å²) in [5.41, 5.74) is 2.10. The first-order chi connectivity index (χ1) is 11.2. The van der Waals surface area contributed by atoms with E-state index in [1.54, 1.807) is 0 Å². The molecule has 2 aromatic carbocycles. The van der Waals surface area contributed by atoms with E-state index in [0.717, 1.165) is 17.0 Å². The van der Waals surface area contributed by atoms with E-state index in [2.05, 4.69) is 10.2 Å². The third-order valence-corrected chi connectivity index (χ3v) is 3.61. The Kier molecular flexibility index (Phi) is 4.47. The predicted octanol–water partition coefficient (Wildman–Crippen LogP) is 3.01. The number of carbonyl (C=O) groups is 1. The second kappa shape index (κ2) is 6.87. The fourth-order valence-electron chi connectivity index (χ4n) is 2.47. The van der Waals surface area contributed by atoms with Crippen LogP contribution in [0, 0.1) is 0 Å². The van der Waals surface area contributed by atoms with Gasteiger partial charge in [0.2, 0.25) is 0 Å². The quantitative estimate of drug-likeness (QED) is 0.760. The molecule has 3 aromatic rings. The van der Waals surface area contributed by atoms with Crippen molar-refractivity contribution in [3.63, 3.8) is 0 Å². The molecule has 0 saturated heterocycles. The standard InChI is InChI=1S/C18H17N3O2/c22-17(23)12-11-16-19-20-18(15-9-5-2-6-10-15)21(16)13-14-7-3-1-4-8-14/h1-10H,11-13H2,(H,22,23). The van der Waals surface area contributed by atoms with Crippen molar-refractivity contribution >= 4 is 5.97 Å². The van der Waals surface area contributed by atoms with Gasteiger partial charge in [-0.05, 0) is 5.56 Å². The summed E-state index contributed by atoms with van der Waals surface area (Å²) in [5.74, 6) is 0.616. The zero-order valence-corrected chi connectivity index (χ0v) is 12.6. The molecule has 23 heavy (non-hydrogen) atoms. The van der Waals surface area contributed by atoms with Gasteiger partial charge in [0.15, 0.2) is 5.82 Å². The molecular weight excluding hydrogens is 290 g/mol. The number of rotatable bonds is 6. The van der Waals surface area contributed by atoms with Crippen molar-refractivity contribution in [1.82, 2.24) is 14.8 Å². The van der Waals surface area contributed by atoms with Crippen LogP contribution in [0.1, 0.15) is 17.8 Å². The number of carboxylic acid groups (broad SMARTS) is 1. The first-order valence-electron chi connectivity index (χ1n) is 7.47. The molecule has 116 valence electrons. The van der Waals surface area contributed by atoms with Gasteiger partial charge in [-0.1, -0.05) is 60.7 Å². The van der Waals surface area contributed by atoms with E-state index in [9.17, 15) is 4.79 Å². The van der Waals surface area contributed by atoms with Gasteiger partial charge in [0, 0.05) is 12.0 Å². The van der Waals surface area contributed by atoms with Crippen LogP contribution in [0.15, 0.2) is 60.7 Å². The van der Waals surface area contributed by atoms with Crippen LogP contribution >= 0.6 is 0 Å². The van der Waals surface area contributed by atoms with Crippen molar-refractivity contribution < 1.29 is 9.90 Å². The van der Waals surface area contributed by atoms with Crippen molar-refractivity contribution in [2.45, 2.75) is 19.4 Å². The third kappa shape index (κ3) is 3.63. The van der Waals surface area contributed by atoms with Crippen molar-refractivity contribution in [1.29, 1.82) is 0 Å². The molecule has 0 bridgehead atoms. The zero-order valence-electron chi connectivity index (χ0n) is 12.6. The Morgan fingerprint density at radius 2 is 1.61 bits per heavy atom. The van der Waals surface area contributed by atoms with Gasteiger partial charge in [-0.15, -0.1) is 10.2 Å². The maximum absolute atomic E-state index is 10.9. The summed E-state index contributed by atoms with van der Waals surface area (Å²) in [4.78, 5) is 10.9. The van der Waals surface area contributed by atoms with E-state index in [0.29, 0.717) is 18.8 Å². The van der Waals surface area contributed by atoms with Crippen LogP contribution in [0.5, 0.6) is 0 Å². The summed E-state index contributed by atoms with van der Waals surface area (Å²) in [5, 5.41) is 17.4. The molecule has 0 aliphatic carbocycles. The molecule has 0 fully saturated rings. The number of aromatic nitrogens is 3. The van der Waals surface area contributed by atoms with Gasteiger partial charge in [0.25, 0.3) is 0 Å². The Morgan fingerprint density at radius 3 is 2.26 bits per heavy atom. The topological polar surface area (TPSA) is 68.0 Å². The lowest BCUT2D eigenvalue weighted by molar-refractivity contribution is -0.137. The highest BCUT2D eigenvalue weighted by Gasteiger charge is 2.15. The molecule has 0 saturated carbocycles. The number of carboxylic acids is 1. The molecule has 1 heterocycles. The predicted molar refractivity (Wildman–Crippen MR) is 87.0 cm³/mol. The summed E-state index contributed by atoms with van der Waals surface area (Å²) in [6, 6.07) is 19.8. The Bertz CT molecular complexity index is 783. The zero-order chi connectivity index (χ0) is 16.1. The average molecular weight is 307 g/mol. The lowest BCUT2D eigenvalue weighted by Crippen LogP contribution is -2.09. The van der Waals surface area contributed by atoms with Crippen LogP contribution in [0.2, 0.25) is 0 Å². The molecule has 0 unspecified atom stereocenters. The highest BCUT2D eigenvalue weighted by Crippen LogP contribution is 2.20. The Labute approximate surface area is 134 Å². The number of nitrogens with zero attached hydrogens (tertiary/aromatic N) is 3. The van der Waals surface area contributed by atoms with Gasteiger partial charge < -0.3 is 9.67 Å². The lowest BCUT2D eigenvalue weighted by atomic mass is 10.2. The fourth-order valence-corrected chi connectivity index (χ4v) is 2.47. The van der Waals surface area contributed by atoms with Crippen LogP contribution in [-0.2, 0) is 17.8 Å². The van der Waals surface area contributed by atoms with Crippen LogP contribution in [-0.4, -0.2) is 25.8 Å². The van der Waals surface area contributed by atoms with Crippen molar-refractivity contribution in [3.8, 4) is 11.4 Å². The molecule has 0 spiro atoms. The highest BCUT2D eigenvalue weighted by molar-refractivity contribution is 5.67. The van der Waals surface area contributed by atoms with Gasteiger partial charge in [0.05, 0.1) is 13.0 Å². The Hall–Kier alpha value is -2.95. The Morgan fingerprint density at radius 1 is 0.957 bits per heavy atom. The molecule has 1 N–H and O–H groups in total. The van der Waals surface area contributed by atoms with Crippen molar-refractivity contribution in [2.24, 2.45) is 0 Å². The molecule has 0 amide bonds. The SMILES string of the molecule is O=C(O)CCc1nnc(-c2ccccc2)n1Cc1ccccc1. The molecule has 0 radical (unpaired) electrons. The third-order valence-electron chi connectivity index (χ3n) is 3.61. The molecular formula is C18H17N3O2. The maximum atomic E-state index is 10.9. The number of aliphatic carboxylic acids is 1. The number of benzene rings is 2. The van der Waals surface area contributed by atoms with Crippen molar-refractivity contribution in [3.05, 3.63) is 72.1 Å². The highest BCUT2D eigenvalue weighted by atomic mass is 16.4. The summed E-state index contributed by atoms with van der Waals surface area (Å²) < 4.78 is 1.99. The number of aryl methyl sites for hydroxylation is 1. The van der Waals surface area contributed by atoms with Gasteiger partial charge in [-0.2, -0.15) is 0 Å². The fraction of sp³-hybridized carbons (Fsp3) is 0.167. The molecule has 3 rings (SSSR count). The van der Waals surface area contributed by atoms with Gasteiger partial charge in [0.1, 0.15) is 5.82 Å². The summed E-state index contributed by atoms with van der Waals surface area (Å²) in [7, 11) is 0. The largest absolute Gasteiger partial charge is 0.481 e. The van der Waals surface area contributed by atoms with Gasteiger partial charge in [-0.25, -0.2) is 0 Å². The Balaban J connectivity index is 1.97. The van der Waals surface area contributed by atoms with E-state index in [1.165, 1.54) is 0 Å². The lowest BCUT2D eigenvalue weighted by Gasteiger charge is -2.10. The summed E-state index contributed by atoms with van der Waals surface area (Å²) >= 11 is 0. The molecule has 0 atom stereocenters. The first-order valence-corrected chi connectivity index (χ1v) is 7.47. The molecule has 1 aromatic heterocycles. The van der Waals surface area contributed by atoms with E-state index in [-0.39, 0.29) is 6.42 Å². The van der Waals surface area contributed by atoms with Crippen LogP contribution in [0.3, 0.4) is 0 Å². The van der Waals surface area contributed by atoms with Gasteiger partial charge in [-0.3, -0.25) is 4.79 Å². The molecule has 0 aliphatic rings. The number of hydrogen-bond donors (Lipinski definition) is 1. The molecule has 5 nitrogen and oxygen atoms in total. The minimum Gasteiger partial charge on any atom is -0.481 e. The van der Waals surface area contributed by atoms with E-state index in [1.807, 2.05) is 65.2 Å². The summed E-state index contributed by atoms with van der Waals surface area (Å²) in [6.07, 6.45) is 0.406. The van der Waals surface area contributed by atoms with E-state index >= 15 is 0 Å². The van der Waals surface area contributed by atoms with E-state index in [4.69, 9.17) is 5.11 Å². The summed E-state index contributed by atoms with van der Waals surface area (Å²) in [6.45, 7) is 0.618. The normalized spacial score (nSPS) is 10.6. The smallest absolute Gasteiger partial charge is 0.303 e. The van der Waals surface area contributed by atoms with Crippen LogP contribution in [0.25, 0.3) is 11.4 Å². The average Bonchev–Trinajstić information content (AvgIpc) is 2.97. The maximum Gasteiger partial charge on any atom is 0.303 e. The second-order valence-corrected chi connectivity index (χ2v) is 5.27. The minimum atomic E-state index is -0.833. The van der Waals surface area contributed by atoms with E-state index < -0.39 is 5.97 Å². The molecule has 0 aliphatic heterocycles.